The van der Waals surface area contributed by atoms with E-state index in [2.05, 4.69) is 5.10 Å². The number of aromatic nitrogens is 3. The molecule has 190 valence electrons. The van der Waals surface area contributed by atoms with Crippen molar-refractivity contribution in [1.29, 1.82) is 0 Å². The number of carbonyl (C=O) groups is 1. The van der Waals surface area contributed by atoms with Crippen LogP contribution >= 0.6 is 34.3 Å². The summed E-state index contributed by atoms with van der Waals surface area (Å²) in [4.78, 5) is 20.5. The first-order valence-corrected chi connectivity index (χ1v) is 15.1. The molecular weight excluding hydrogens is 538 g/mol. The monoisotopic (exact) mass is 563 g/mol. The number of fused-ring (bicyclic) bond motifs is 1. The van der Waals surface area contributed by atoms with Crippen LogP contribution in [0.25, 0.3) is 10.2 Å². The van der Waals surface area contributed by atoms with Crippen LogP contribution in [0.5, 0.6) is 0 Å². The number of hydrogen-bond acceptors (Lipinski definition) is 7. The van der Waals surface area contributed by atoms with E-state index in [1.165, 1.54) is 15.6 Å². The largest absolute Gasteiger partial charge is 0.285 e. The predicted molar refractivity (Wildman–Crippen MR) is 145 cm³/mol. The summed E-state index contributed by atoms with van der Waals surface area (Å²) in [6.45, 7) is 6.94. The van der Waals surface area contributed by atoms with Crippen molar-refractivity contribution in [2.24, 2.45) is 0 Å². The van der Waals surface area contributed by atoms with Gasteiger partial charge in [-0.2, -0.15) is 9.40 Å². The number of amides is 1. The molecule has 36 heavy (non-hydrogen) atoms. The number of thiophene rings is 1. The Morgan fingerprint density at radius 1 is 1.25 bits per heavy atom. The topological polar surface area (TPSA) is 88.4 Å². The van der Waals surface area contributed by atoms with Crippen molar-refractivity contribution in [3.05, 3.63) is 57.7 Å². The van der Waals surface area contributed by atoms with E-state index in [0.717, 1.165) is 38.5 Å². The van der Waals surface area contributed by atoms with Crippen molar-refractivity contribution in [2.75, 3.05) is 18.0 Å². The first-order valence-electron chi connectivity index (χ1n) is 11.6. The molecule has 0 bridgehead atoms. The number of sulfonamides is 1. The van der Waals surface area contributed by atoms with Crippen LogP contribution in [0.4, 0.5) is 5.13 Å². The number of hydrogen-bond donors (Lipinski definition) is 0. The van der Waals surface area contributed by atoms with Crippen molar-refractivity contribution < 1.29 is 13.2 Å². The average molecular weight is 564 g/mol. The molecule has 3 aromatic heterocycles. The minimum atomic E-state index is -3.76. The fraction of sp³-hybridized carbons (Fsp3) is 0.375. The van der Waals surface area contributed by atoms with Crippen LogP contribution in [-0.2, 0) is 21.4 Å². The van der Waals surface area contributed by atoms with Crippen molar-refractivity contribution >= 4 is 65.6 Å². The molecule has 1 aliphatic rings. The summed E-state index contributed by atoms with van der Waals surface area (Å²) < 4.78 is 31.0. The predicted octanol–water partition coefficient (Wildman–Crippen LogP) is 5.02. The lowest BCUT2D eigenvalue weighted by Crippen LogP contribution is -2.48. The quantitative estimate of drug-likeness (QED) is 0.315. The summed E-state index contributed by atoms with van der Waals surface area (Å²) in [6, 6.07) is 8.19. The number of rotatable bonds is 7. The maximum atomic E-state index is 14.0. The first-order chi connectivity index (χ1) is 17.1. The molecule has 1 aromatic carbocycles. The summed E-state index contributed by atoms with van der Waals surface area (Å²) in [6.07, 6.45) is 1.09. The van der Waals surface area contributed by atoms with E-state index in [-0.39, 0.29) is 10.1 Å². The molecule has 12 heteroatoms. The molecule has 1 aliphatic heterocycles. The summed E-state index contributed by atoms with van der Waals surface area (Å²) >= 11 is 8.82. The Bertz CT molecular complexity index is 1530. The van der Waals surface area contributed by atoms with Crippen LogP contribution in [0, 0.1) is 20.8 Å². The lowest BCUT2D eigenvalue weighted by Gasteiger charge is -2.28. The molecule has 8 nitrogen and oxygen atoms in total. The molecule has 1 unspecified atom stereocenters. The highest BCUT2D eigenvalue weighted by molar-refractivity contribution is 7.91. The molecule has 0 aliphatic carbocycles. The average Bonchev–Trinajstić information content (AvgIpc) is 3.61. The van der Waals surface area contributed by atoms with Crippen LogP contribution in [0.15, 0.2) is 39.9 Å². The maximum absolute atomic E-state index is 14.0. The molecular formula is C24H26ClN5O3S3. The molecule has 1 atom stereocenters. The van der Waals surface area contributed by atoms with Gasteiger partial charge in [-0.15, -0.1) is 11.3 Å². The summed E-state index contributed by atoms with van der Waals surface area (Å²) in [5.74, 6) is -0.267. The van der Waals surface area contributed by atoms with E-state index in [0.29, 0.717) is 42.6 Å². The minimum Gasteiger partial charge on any atom is -0.285 e. The van der Waals surface area contributed by atoms with Crippen LogP contribution in [0.1, 0.15) is 29.8 Å². The number of nitrogens with zero attached hydrogens (tertiary/aromatic N) is 5. The van der Waals surface area contributed by atoms with Gasteiger partial charge in [0.25, 0.3) is 10.0 Å². The molecule has 5 rings (SSSR count). The van der Waals surface area contributed by atoms with Gasteiger partial charge in [-0.3, -0.25) is 14.4 Å². The molecule has 4 heterocycles. The Kier molecular flexibility index (Phi) is 6.94. The number of thiazole rings is 1. The van der Waals surface area contributed by atoms with Gasteiger partial charge in [0.2, 0.25) is 5.91 Å². The van der Waals surface area contributed by atoms with E-state index in [9.17, 15) is 13.2 Å². The molecule has 0 spiro atoms. The van der Waals surface area contributed by atoms with E-state index >= 15 is 0 Å². The molecule has 0 radical (unpaired) electrons. The van der Waals surface area contributed by atoms with Crippen LogP contribution < -0.4 is 4.90 Å². The van der Waals surface area contributed by atoms with Crippen molar-refractivity contribution in [3.63, 3.8) is 0 Å². The number of carbonyl (C=O) groups excluding carboxylic acids is 1. The highest BCUT2D eigenvalue weighted by atomic mass is 35.5. The standard InChI is InChI=1S/C24H26ClN5O3S3/c1-15-12-18(25)14-20-22(15)26-24(35-20)28(9-10-29-17(3)13-16(2)27-29)23(31)19-6-4-8-30(19)36(32,33)21-7-5-11-34-21/h5,7,11-14,19H,4,6,8-10H2,1-3H3. The molecule has 0 saturated carbocycles. The van der Waals surface area contributed by atoms with E-state index in [1.54, 1.807) is 22.4 Å². The Hall–Kier alpha value is -2.31. The smallest absolute Gasteiger partial charge is 0.253 e. The number of aryl methyl sites for hydroxylation is 3. The van der Waals surface area contributed by atoms with E-state index in [1.807, 2.05) is 43.7 Å². The Morgan fingerprint density at radius 3 is 2.75 bits per heavy atom. The van der Waals surface area contributed by atoms with Gasteiger partial charge in [0, 0.05) is 23.8 Å². The number of anilines is 1. The summed E-state index contributed by atoms with van der Waals surface area (Å²) in [5.41, 5.74) is 3.61. The van der Waals surface area contributed by atoms with Gasteiger partial charge in [-0.05, 0) is 68.8 Å². The van der Waals surface area contributed by atoms with Crippen LogP contribution in [0.3, 0.4) is 0 Å². The van der Waals surface area contributed by atoms with E-state index in [4.69, 9.17) is 16.6 Å². The molecule has 0 N–H and O–H groups in total. The van der Waals surface area contributed by atoms with Crippen molar-refractivity contribution in [3.8, 4) is 0 Å². The van der Waals surface area contributed by atoms with Gasteiger partial charge >= 0.3 is 0 Å². The lowest BCUT2D eigenvalue weighted by molar-refractivity contribution is -0.121. The normalized spacial score (nSPS) is 16.7. The summed E-state index contributed by atoms with van der Waals surface area (Å²) in [5, 5.41) is 7.40. The fourth-order valence-electron chi connectivity index (χ4n) is 4.63. The van der Waals surface area contributed by atoms with Crippen LogP contribution in [0.2, 0.25) is 5.02 Å². The third kappa shape index (κ3) is 4.70. The maximum Gasteiger partial charge on any atom is 0.253 e. The molecule has 1 fully saturated rings. The van der Waals surface area contributed by atoms with Gasteiger partial charge in [0.1, 0.15) is 10.3 Å². The van der Waals surface area contributed by atoms with Gasteiger partial charge in [0.05, 0.1) is 22.5 Å². The molecule has 1 amide bonds. The third-order valence-electron chi connectivity index (χ3n) is 6.32. The second-order valence-electron chi connectivity index (χ2n) is 8.91. The highest BCUT2D eigenvalue weighted by Crippen LogP contribution is 2.35. The van der Waals surface area contributed by atoms with Gasteiger partial charge in [-0.1, -0.05) is 29.0 Å². The van der Waals surface area contributed by atoms with Crippen LogP contribution in [-0.4, -0.2) is 52.5 Å². The zero-order valence-corrected chi connectivity index (χ0v) is 23.3. The zero-order valence-electron chi connectivity index (χ0n) is 20.1. The highest BCUT2D eigenvalue weighted by Gasteiger charge is 2.42. The zero-order chi connectivity index (χ0) is 25.6. The fourth-order valence-corrected chi connectivity index (χ4v) is 8.86. The Balaban J connectivity index is 1.51. The van der Waals surface area contributed by atoms with Gasteiger partial charge in [0.15, 0.2) is 5.13 Å². The Labute approximate surface area is 223 Å². The number of halogens is 1. The summed E-state index contributed by atoms with van der Waals surface area (Å²) in [7, 11) is -3.76. The Morgan fingerprint density at radius 2 is 2.06 bits per heavy atom. The number of benzene rings is 1. The first kappa shape index (κ1) is 25.3. The molecule has 4 aromatic rings. The van der Waals surface area contributed by atoms with Crippen molar-refractivity contribution in [1.82, 2.24) is 19.1 Å². The molecule has 1 saturated heterocycles. The van der Waals surface area contributed by atoms with E-state index < -0.39 is 16.1 Å². The van der Waals surface area contributed by atoms with Crippen molar-refractivity contribution in [2.45, 2.75) is 50.4 Å². The second kappa shape index (κ2) is 9.86. The minimum absolute atomic E-state index is 0.252. The van der Waals surface area contributed by atoms with Gasteiger partial charge in [-0.25, -0.2) is 13.4 Å². The van der Waals surface area contributed by atoms with Gasteiger partial charge < -0.3 is 0 Å². The lowest BCUT2D eigenvalue weighted by atomic mass is 10.2. The third-order valence-corrected chi connectivity index (χ3v) is 10.8. The SMILES string of the molecule is Cc1cc(C)n(CCN(C(=O)C2CCCN2S(=O)(=O)c2cccs2)c2nc3c(C)cc(Cl)cc3s2)n1. The second-order valence-corrected chi connectivity index (χ2v) is 13.4.